The minimum Gasteiger partial charge on any atom is -0.463 e. The fourth-order valence-corrected chi connectivity index (χ4v) is 2.93. The van der Waals surface area contributed by atoms with Gasteiger partial charge in [0.2, 0.25) is 0 Å². The molecule has 1 aromatic rings. The second-order valence-electron chi connectivity index (χ2n) is 7.86. The third kappa shape index (κ3) is 16.5. The van der Waals surface area contributed by atoms with Crippen LogP contribution in [0.3, 0.4) is 0 Å². The standard InChI is InChI=1S/C26H43NO7/c1-3-5-7-8-9-25(28)33-21-19-31-17-15-30-16-18-32-20-22-34-26(29)23-10-12-24(13-11-23)27-14-6-4-2/h10-13,27H,3-9,14-22H2,1-2H3. The quantitative estimate of drug-likeness (QED) is 0.189. The molecule has 0 spiro atoms. The zero-order valence-electron chi connectivity index (χ0n) is 21.0. The maximum atomic E-state index is 12.0. The number of esters is 2. The number of ether oxygens (including phenoxy) is 5. The number of hydrogen-bond donors (Lipinski definition) is 1. The average molecular weight is 482 g/mol. The molecule has 0 aliphatic rings. The summed E-state index contributed by atoms with van der Waals surface area (Å²) in [4.78, 5) is 23.5. The first kappa shape index (κ1) is 29.9. The number of carbonyl (C=O) groups is 2. The minimum absolute atomic E-state index is 0.160. The number of nitrogens with one attached hydrogen (secondary N) is 1. The molecule has 8 heteroatoms. The fraction of sp³-hybridized carbons (Fsp3) is 0.692. The van der Waals surface area contributed by atoms with Crippen LogP contribution in [0.1, 0.15) is 69.2 Å². The van der Waals surface area contributed by atoms with Crippen LogP contribution in [0.15, 0.2) is 24.3 Å². The first-order valence-corrected chi connectivity index (χ1v) is 12.6. The van der Waals surface area contributed by atoms with Crippen molar-refractivity contribution in [1.29, 1.82) is 0 Å². The fourth-order valence-electron chi connectivity index (χ4n) is 2.93. The van der Waals surface area contributed by atoms with Gasteiger partial charge in [0, 0.05) is 18.7 Å². The number of carbonyl (C=O) groups excluding carboxylic acids is 2. The maximum Gasteiger partial charge on any atom is 0.338 e. The largest absolute Gasteiger partial charge is 0.463 e. The molecule has 8 nitrogen and oxygen atoms in total. The Balaban J connectivity index is 1.88. The Morgan fingerprint density at radius 3 is 1.82 bits per heavy atom. The van der Waals surface area contributed by atoms with Crippen LogP contribution in [-0.4, -0.2) is 71.3 Å². The number of anilines is 1. The summed E-state index contributed by atoms with van der Waals surface area (Å²) in [6, 6.07) is 7.27. The molecule has 0 fully saturated rings. The van der Waals surface area contributed by atoms with Crippen LogP contribution in [0, 0.1) is 0 Å². The van der Waals surface area contributed by atoms with Gasteiger partial charge in [-0.05, 0) is 37.1 Å². The molecular weight excluding hydrogens is 438 g/mol. The van der Waals surface area contributed by atoms with Gasteiger partial charge in [0.15, 0.2) is 0 Å². The highest BCUT2D eigenvalue weighted by Crippen LogP contribution is 2.11. The molecule has 0 radical (unpaired) electrons. The summed E-state index contributed by atoms with van der Waals surface area (Å²) in [6.45, 7) is 8.05. The molecule has 1 rings (SSSR count). The molecule has 0 heterocycles. The van der Waals surface area contributed by atoms with Crippen LogP contribution in [-0.2, 0) is 28.5 Å². The average Bonchev–Trinajstić information content (AvgIpc) is 2.85. The van der Waals surface area contributed by atoms with Gasteiger partial charge in [0.25, 0.3) is 0 Å². The van der Waals surface area contributed by atoms with Crippen molar-refractivity contribution in [2.24, 2.45) is 0 Å². The van der Waals surface area contributed by atoms with Gasteiger partial charge in [-0.2, -0.15) is 0 Å². The van der Waals surface area contributed by atoms with E-state index < -0.39 is 0 Å². The summed E-state index contributed by atoms with van der Waals surface area (Å²) in [5, 5.41) is 3.31. The highest BCUT2D eigenvalue weighted by Gasteiger charge is 2.07. The monoisotopic (exact) mass is 481 g/mol. The van der Waals surface area contributed by atoms with E-state index in [1.54, 1.807) is 12.1 Å². The number of rotatable bonds is 22. The number of benzene rings is 1. The molecule has 0 aliphatic heterocycles. The Morgan fingerprint density at radius 2 is 1.24 bits per heavy atom. The van der Waals surface area contributed by atoms with E-state index in [4.69, 9.17) is 23.7 Å². The normalized spacial score (nSPS) is 10.8. The van der Waals surface area contributed by atoms with E-state index in [1.165, 1.54) is 0 Å². The maximum absolute atomic E-state index is 12.0. The summed E-state index contributed by atoms with van der Waals surface area (Å²) in [6.07, 6.45) is 6.99. The molecule has 1 N–H and O–H groups in total. The van der Waals surface area contributed by atoms with Crippen LogP contribution in [0.4, 0.5) is 5.69 Å². The minimum atomic E-state index is -0.362. The molecule has 194 valence electrons. The van der Waals surface area contributed by atoms with Crippen molar-refractivity contribution in [1.82, 2.24) is 0 Å². The lowest BCUT2D eigenvalue weighted by Gasteiger charge is -2.09. The van der Waals surface area contributed by atoms with Crippen molar-refractivity contribution < 1.29 is 33.3 Å². The molecule has 0 saturated carbocycles. The van der Waals surface area contributed by atoms with Crippen LogP contribution < -0.4 is 5.32 Å². The Bertz CT molecular complexity index is 637. The topological polar surface area (TPSA) is 92.3 Å². The molecular formula is C26H43NO7. The lowest BCUT2D eigenvalue weighted by atomic mass is 10.2. The van der Waals surface area contributed by atoms with Crippen molar-refractivity contribution in [2.75, 3.05) is 64.7 Å². The highest BCUT2D eigenvalue weighted by atomic mass is 16.6. The molecule has 0 unspecified atom stereocenters. The first-order chi connectivity index (χ1) is 16.7. The molecule has 0 aromatic heterocycles. The van der Waals surface area contributed by atoms with E-state index in [0.717, 1.165) is 50.8 Å². The van der Waals surface area contributed by atoms with Crippen molar-refractivity contribution >= 4 is 17.6 Å². The third-order valence-electron chi connectivity index (χ3n) is 4.91. The lowest BCUT2D eigenvalue weighted by Crippen LogP contribution is -2.15. The Labute approximate surface area is 204 Å². The molecule has 34 heavy (non-hydrogen) atoms. The lowest BCUT2D eigenvalue weighted by molar-refractivity contribution is -0.145. The smallest absolute Gasteiger partial charge is 0.338 e. The molecule has 0 saturated heterocycles. The van der Waals surface area contributed by atoms with Crippen molar-refractivity contribution in [3.8, 4) is 0 Å². The second kappa shape index (κ2) is 21.4. The molecule has 0 aliphatic carbocycles. The van der Waals surface area contributed by atoms with E-state index >= 15 is 0 Å². The first-order valence-electron chi connectivity index (χ1n) is 12.6. The van der Waals surface area contributed by atoms with Crippen LogP contribution >= 0.6 is 0 Å². The van der Waals surface area contributed by atoms with Crippen molar-refractivity contribution in [2.45, 2.75) is 58.8 Å². The van der Waals surface area contributed by atoms with Gasteiger partial charge in [-0.1, -0.05) is 39.5 Å². The summed E-state index contributed by atoms with van der Waals surface area (Å²) in [5.41, 5.74) is 1.52. The van der Waals surface area contributed by atoms with Gasteiger partial charge in [-0.3, -0.25) is 4.79 Å². The molecule has 1 aromatic carbocycles. The van der Waals surface area contributed by atoms with Crippen LogP contribution in [0.2, 0.25) is 0 Å². The highest BCUT2D eigenvalue weighted by molar-refractivity contribution is 5.89. The SMILES string of the molecule is CCCCCCC(=O)OCCOCCOCCOCCOC(=O)c1ccc(NCCCC)cc1. The van der Waals surface area contributed by atoms with E-state index in [0.29, 0.717) is 51.6 Å². The molecule has 0 atom stereocenters. The van der Waals surface area contributed by atoms with Gasteiger partial charge in [0.05, 0.1) is 45.2 Å². The van der Waals surface area contributed by atoms with E-state index in [1.807, 2.05) is 12.1 Å². The second-order valence-corrected chi connectivity index (χ2v) is 7.86. The van der Waals surface area contributed by atoms with Gasteiger partial charge in [-0.25, -0.2) is 4.79 Å². The van der Waals surface area contributed by atoms with Crippen molar-refractivity contribution in [3.63, 3.8) is 0 Å². The Kier molecular flexibility index (Phi) is 18.8. The number of hydrogen-bond acceptors (Lipinski definition) is 8. The van der Waals surface area contributed by atoms with Crippen LogP contribution in [0.5, 0.6) is 0 Å². The third-order valence-corrected chi connectivity index (χ3v) is 4.91. The van der Waals surface area contributed by atoms with E-state index in [-0.39, 0.29) is 25.2 Å². The number of unbranched alkanes of at least 4 members (excludes halogenated alkanes) is 4. The Hall–Kier alpha value is -2.16. The predicted molar refractivity (Wildman–Crippen MR) is 132 cm³/mol. The van der Waals surface area contributed by atoms with Crippen LogP contribution in [0.25, 0.3) is 0 Å². The summed E-state index contributed by atoms with van der Waals surface area (Å²) < 4.78 is 26.5. The van der Waals surface area contributed by atoms with Gasteiger partial charge >= 0.3 is 11.9 Å². The Morgan fingerprint density at radius 1 is 0.676 bits per heavy atom. The summed E-state index contributed by atoms with van der Waals surface area (Å²) in [5.74, 6) is -0.522. The van der Waals surface area contributed by atoms with Crippen molar-refractivity contribution in [3.05, 3.63) is 29.8 Å². The van der Waals surface area contributed by atoms with Gasteiger partial charge in [-0.15, -0.1) is 0 Å². The summed E-state index contributed by atoms with van der Waals surface area (Å²) in [7, 11) is 0. The zero-order chi connectivity index (χ0) is 24.7. The van der Waals surface area contributed by atoms with Gasteiger partial charge < -0.3 is 29.0 Å². The van der Waals surface area contributed by atoms with E-state index in [2.05, 4.69) is 19.2 Å². The zero-order valence-corrected chi connectivity index (χ0v) is 21.0. The molecule has 0 amide bonds. The summed E-state index contributed by atoms with van der Waals surface area (Å²) >= 11 is 0. The van der Waals surface area contributed by atoms with E-state index in [9.17, 15) is 9.59 Å². The van der Waals surface area contributed by atoms with Gasteiger partial charge in [0.1, 0.15) is 13.2 Å². The molecule has 0 bridgehead atoms. The predicted octanol–water partition coefficient (Wildman–Crippen LogP) is 4.62.